The molecule has 3 rings (SSSR count). The molecule has 2 heterocycles. The number of ether oxygens (including phenoxy) is 1. The van der Waals surface area contributed by atoms with Crippen LogP contribution in [0.3, 0.4) is 0 Å². The number of hydrogen-bond donors (Lipinski definition) is 0. The number of pyridine rings is 2. The zero-order chi connectivity index (χ0) is 16.4. The van der Waals surface area contributed by atoms with E-state index in [-0.39, 0.29) is 10.6 Å². The Balaban J connectivity index is 2.20. The number of rotatable bonds is 3. The summed E-state index contributed by atoms with van der Waals surface area (Å²) in [5.74, 6) is 0.740. The van der Waals surface area contributed by atoms with Crippen molar-refractivity contribution in [1.29, 1.82) is 5.26 Å². The Bertz CT molecular complexity index is 972. The lowest BCUT2D eigenvalue weighted by Crippen LogP contribution is -2.24. The third kappa shape index (κ3) is 2.65. The summed E-state index contributed by atoms with van der Waals surface area (Å²) in [5, 5.41) is 9.96. The summed E-state index contributed by atoms with van der Waals surface area (Å²) < 4.78 is 6.66. The van der Waals surface area contributed by atoms with E-state index in [2.05, 4.69) is 4.98 Å². The van der Waals surface area contributed by atoms with E-state index in [1.807, 2.05) is 30.3 Å². The second kappa shape index (κ2) is 6.11. The van der Waals surface area contributed by atoms with Gasteiger partial charge in [-0.05, 0) is 23.8 Å². The van der Waals surface area contributed by atoms with Crippen LogP contribution in [0.15, 0.2) is 47.5 Å². The first-order chi connectivity index (χ1) is 11.2. The number of aromatic nitrogens is 2. The van der Waals surface area contributed by atoms with E-state index in [4.69, 9.17) is 16.3 Å². The summed E-state index contributed by atoms with van der Waals surface area (Å²) in [6.45, 7) is 0.329. The van der Waals surface area contributed by atoms with Crippen LogP contribution >= 0.6 is 11.6 Å². The van der Waals surface area contributed by atoms with Crippen molar-refractivity contribution < 1.29 is 4.74 Å². The van der Waals surface area contributed by atoms with Crippen molar-refractivity contribution in [3.63, 3.8) is 0 Å². The molecule has 0 fully saturated rings. The molecular formula is C17H12ClN3O2. The van der Waals surface area contributed by atoms with Crippen LogP contribution in [0.2, 0.25) is 5.02 Å². The molecule has 114 valence electrons. The van der Waals surface area contributed by atoms with Gasteiger partial charge in [0.15, 0.2) is 0 Å². The van der Waals surface area contributed by atoms with Gasteiger partial charge in [0.1, 0.15) is 17.4 Å². The molecule has 0 aliphatic rings. The number of nitriles is 1. The highest BCUT2D eigenvalue weighted by Gasteiger charge is 2.15. The zero-order valence-electron chi connectivity index (χ0n) is 12.3. The lowest BCUT2D eigenvalue weighted by Gasteiger charge is -2.12. The summed E-state index contributed by atoms with van der Waals surface area (Å²) in [4.78, 5) is 16.6. The Morgan fingerprint density at radius 3 is 2.70 bits per heavy atom. The maximum atomic E-state index is 12.6. The fourth-order valence-electron chi connectivity index (χ4n) is 2.43. The Hall–Kier alpha value is -2.84. The highest BCUT2D eigenvalue weighted by Crippen LogP contribution is 2.24. The van der Waals surface area contributed by atoms with Crippen molar-refractivity contribution in [3.05, 3.63) is 69.2 Å². The van der Waals surface area contributed by atoms with Crippen LogP contribution < -0.4 is 10.3 Å². The molecule has 0 saturated heterocycles. The molecule has 3 aromatic rings. The third-order valence-corrected chi connectivity index (χ3v) is 4.01. The molecule has 0 amide bonds. The van der Waals surface area contributed by atoms with Crippen molar-refractivity contribution in [2.75, 3.05) is 7.11 Å². The summed E-state index contributed by atoms with van der Waals surface area (Å²) in [5.41, 5.74) is 1.08. The van der Waals surface area contributed by atoms with Gasteiger partial charge >= 0.3 is 0 Å². The van der Waals surface area contributed by atoms with Crippen LogP contribution in [0.5, 0.6) is 5.75 Å². The lowest BCUT2D eigenvalue weighted by molar-refractivity contribution is 0.414. The van der Waals surface area contributed by atoms with E-state index in [1.54, 1.807) is 25.6 Å². The molecule has 23 heavy (non-hydrogen) atoms. The third-order valence-electron chi connectivity index (χ3n) is 3.62. The maximum Gasteiger partial charge on any atom is 0.270 e. The minimum atomic E-state index is -0.410. The minimum Gasteiger partial charge on any atom is -0.497 e. The normalized spacial score (nSPS) is 10.5. The van der Waals surface area contributed by atoms with Crippen LogP contribution in [0.1, 0.15) is 11.1 Å². The van der Waals surface area contributed by atoms with Crippen LogP contribution in [0, 0.1) is 11.3 Å². The summed E-state index contributed by atoms with van der Waals surface area (Å²) in [6.07, 6.45) is 3.15. The van der Waals surface area contributed by atoms with Gasteiger partial charge in [-0.2, -0.15) is 5.26 Å². The van der Waals surface area contributed by atoms with Crippen LogP contribution in [-0.4, -0.2) is 16.7 Å². The quantitative estimate of drug-likeness (QED) is 0.742. The highest BCUT2D eigenvalue weighted by atomic mass is 35.5. The van der Waals surface area contributed by atoms with Gasteiger partial charge in [0, 0.05) is 17.8 Å². The topological polar surface area (TPSA) is 67.9 Å². The number of methoxy groups -OCH3 is 1. The van der Waals surface area contributed by atoms with Gasteiger partial charge in [-0.15, -0.1) is 0 Å². The van der Waals surface area contributed by atoms with E-state index < -0.39 is 5.56 Å². The summed E-state index contributed by atoms with van der Waals surface area (Å²) in [7, 11) is 1.60. The van der Waals surface area contributed by atoms with Crippen molar-refractivity contribution in [2.45, 2.75) is 6.54 Å². The molecule has 0 saturated carbocycles. The lowest BCUT2D eigenvalue weighted by atomic mass is 10.1. The van der Waals surface area contributed by atoms with Crippen molar-refractivity contribution >= 4 is 22.5 Å². The van der Waals surface area contributed by atoms with Gasteiger partial charge in [-0.3, -0.25) is 9.78 Å². The van der Waals surface area contributed by atoms with Gasteiger partial charge < -0.3 is 9.30 Å². The Labute approximate surface area is 137 Å². The fourth-order valence-corrected chi connectivity index (χ4v) is 2.70. The van der Waals surface area contributed by atoms with E-state index in [0.717, 1.165) is 11.3 Å². The first-order valence-electron chi connectivity index (χ1n) is 6.84. The average Bonchev–Trinajstić information content (AvgIpc) is 2.59. The predicted molar refractivity (Wildman–Crippen MR) is 87.8 cm³/mol. The van der Waals surface area contributed by atoms with Gasteiger partial charge in [-0.1, -0.05) is 23.7 Å². The number of hydrogen-bond acceptors (Lipinski definition) is 4. The van der Waals surface area contributed by atoms with Crippen molar-refractivity contribution in [3.8, 4) is 11.8 Å². The molecule has 0 unspecified atom stereocenters. The van der Waals surface area contributed by atoms with E-state index in [1.165, 1.54) is 4.57 Å². The number of fused-ring (bicyclic) bond motifs is 1. The fraction of sp³-hybridized carbons (Fsp3) is 0.118. The Morgan fingerprint density at radius 1 is 1.30 bits per heavy atom. The molecule has 5 nitrogen and oxygen atoms in total. The van der Waals surface area contributed by atoms with Gasteiger partial charge in [0.2, 0.25) is 0 Å². The second-order valence-electron chi connectivity index (χ2n) is 4.93. The van der Waals surface area contributed by atoms with Gasteiger partial charge in [-0.25, -0.2) is 0 Å². The molecule has 0 atom stereocenters. The van der Waals surface area contributed by atoms with Gasteiger partial charge in [0.05, 0.1) is 24.2 Å². The predicted octanol–water partition coefficient (Wildman–Crippen LogP) is 2.98. The monoisotopic (exact) mass is 325 g/mol. The molecule has 0 spiro atoms. The first kappa shape index (κ1) is 15.1. The maximum absolute atomic E-state index is 12.6. The SMILES string of the molecule is COc1ccc(Cn2c(=O)c(C#N)c(Cl)c3cnccc32)cc1. The minimum absolute atomic E-state index is 0.0688. The first-order valence-corrected chi connectivity index (χ1v) is 7.22. The smallest absolute Gasteiger partial charge is 0.270 e. The highest BCUT2D eigenvalue weighted by molar-refractivity contribution is 6.36. The molecule has 0 aliphatic carbocycles. The molecule has 2 aromatic heterocycles. The van der Waals surface area contributed by atoms with Crippen LogP contribution in [0.25, 0.3) is 10.9 Å². The number of nitrogens with zero attached hydrogens (tertiary/aromatic N) is 3. The molecule has 0 bridgehead atoms. The number of halogens is 1. The molecule has 6 heteroatoms. The Morgan fingerprint density at radius 2 is 2.04 bits per heavy atom. The average molecular weight is 326 g/mol. The molecule has 1 aromatic carbocycles. The Kier molecular flexibility index (Phi) is 4.00. The van der Waals surface area contributed by atoms with E-state index in [0.29, 0.717) is 17.4 Å². The van der Waals surface area contributed by atoms with Crippen molar-refractivity contribution in [1.82, 2.24) is 9.55 Å². The molecule has 0 aliphatic heterocycles. The van der Waals surface area contributed by atoms with Crippen LogP contribution in [0.4, 0.5) is 0 Å². The number of benzene rings is 1. The van der Waals surface area contributed by atoms with Crippen molar-refractivity contribution in [2.24, 2.45) is 0 Å². The second-order valence-corrected chi connectivity index (χ2v) is 5.31. The zero-order valence-corrected chi connectivity index (χ0v) is 13.0. The largest absolute Gasteiger partial charge is 0.497 e. The van der Waals surface area contributed by atoms with E-state index >= 15 is 0 Å². The van der Waals surface area contributed by atoms with E-state index in [9.17, 15) is 10.1 Å². The molecular weight excluding hydrogens is 314 g/mol. The summed E-state index contributed by atoms with van der Waals surface area (Å²) >= 11 is 6.17. The standard InChI is InChI=1S/C17H12ClN3O2/c1-23-12-4-2-11(3-5-12)10-21-15-6-7-20-9-14(15)16(18)13(8-19)17(21)22/h2-7,9H,10H2,1H3. The molecule has 0 radical (unpaired) electrons. The van der Waals surface area contributed by atoms with Gasteiger partial charge in [0.25, 0.3) is 5.56 Å². The molecule has 0 N–H and O–H groups in total. The van der Waals surface area contributed by atoms with Crippen LogP contribution in [-0.2, 0) is 6.54 Å². The summed E-state index contributed by atoms with van der Waals surface area (Å²) in [6, 6.07) is 11.0.